The molecule has 0 aliphatic carbocycles. The van der Waals surface area contributed by atoms with E-state index in [4.69, 9.17) is 0 Å². The Labute approximate surface area is 81.5 Å². The average molecular weight is 205 g/mol. The van der Waals surface area contributed by atoms with Gasteiger partial charge in [0, 0.05) is 18.5 Å². The fraction of sp³-hybridized carbons (Fsp3) is 0.778. The van der Waals surface area contributed by atoms with E-state index in [1.165, 1.54) is 4.31 Å². The molecule has 0 aromatic rings. The van der Waals surface area contributed by atoms with Crippen LogP contribution in [-0.4, -0.2) is 25.8 Å². The summed E-state index contributed by atoms with van der Waals surface area (Å²) in [6.07, 6.45) is 0.833. The molecule has 0 atom stereocenters. The maximum Gasteiger partial charge on any atom is 0.235 e. The Morgan fingerprint density at radius 3 is 2.31 bits per heavy atom. The SMILES string of the molecule is C=CS(=O)(=O)N(CCC)CC(C)C. The monoisotopic (exact) mass is 205 g/mol. The van der Waals surface area contributed by atoms with Gasteiger partial charge in [0.25, 0.3) is 0 Å². The second-order valence-corrected chi connectivity index (χ2v) is 5.34. The molecule has 0 aliphatic heterocycles. The van der Waals surface area contributed by atoms with Gasteiger partial charge in [-0.2, -0.15) is 4.31 Å². The summed E-state index contributed by atoms with van der Waals surface area (Å²) in [5.41, 5.74) is 0. The molecule has 0 spiro atoms. The minimum atomic E-state index is -3.22. The van der Waals surface area contributed by atoms with Crippen molar-refractivity contribution in [3.8, 4) is 0 Å². The zero-order chi connectivity index (χ0) is 10.5. The van der Waals surface area contributed by atoms with Gasteiger partial charge in [0.2, 0.25) is 10.0 Å². The van der Waals surface area contributed by atoms with Crippen LogP contribution in [0.1, 0.15) is 27.2 Å². The molecule has 3 nitrogen and oxygen atoms in total. The largest absolute Gasteiger partial charge is 0.235 e. The fourth-order valence-electron chi connectivity index (χ4n) is 1.08. The molecule has 0 radical (unpaired) electrons. The number of rotatable bonds is 6. The maximum absolute atomic E-state index is 11.4. The zero-order valence-corrected chi connectivity index (χ0v) is 9.47. The first kappa shape index (κ1) is 12.7. The van der Waals surface area contributed by atoms with Crippen molar-refractivity contribution in [1.82, 2.24) is 4.31 Å². The second kappa shape index (κ2) is 5.40. The van der Waals surface area contributed by atoms with E-state index in [1.54, 1.807) is 0 Å². The van der Waals surface area contributed by atoms with Crippen molar-refractivity contribution in [1.29, 1.82) is 0 Å². The highest BCUT2D eigenvalue weighted by atomic mass is 32.2. The third-order valence-electron chi connectivity index (χ3n) is 1.61. The fourth-order valence-corrected chi connectivity index (χ4v) is 2.24. The van der Waals surface area contributed by atoms with Gasteiger partial charge in [-0.3, -0.25) is 0 Å². The van der Waals surface area contributed by atoms with Crippen LogP contribution in [0.15, 0.2) is 12.0 Å². The van der Waals surface area contributed by atoms with Crippen molar-refractivity contribution in [2.75, 3.05) is 13.1 Å². The van der Waals surface area contributed by atoms with Crippen LogP contribution in [-0.2, 0) is 10.0 Å². The van der Waals surface area contributed by atoms with Crippen LogP contribution in [0.5, 0.6) is 0 Å². The Bertz CT molecular complexity index is 244. The Morgan fingerprint density at radius 1 is 1.46 bits per heavy atom. The van der Waals surface area contributed by atoms with Gasteiger partial charge in [-0.15, -0.1) is 0 Å². The molecule has 0 saturated heterocycles. The van der Waals surface area contributed by atoms with E-state index in [-0.39, 0.29) is 0 Å². The summed E-state index contributed by atoms with van der Waals surface area (Å²) >= 11 is 0. The van der Waals surface area contributed by atoms with Crippen LogP contribution in [0.2, 0.25) is 0 Å². The van der Waals surface area contributed by atoms with Crippen molar-refractivity contribution < 1.29 is 8.42 Å². The molecule has 0 heterocycles. The number of hydrogen-bond acceptors (Lipinski definition) is 2. The Morgan fingerprint density at radius 2 is 2.00 bits per heavy atom. The van der Waals surface area contributed by atoms with E-state index in [9.17, 15) is 8.42 Å². The van der Waals surface area contributed by atoms with Crippen LogP contribution in [0, 0.1) is 5.92 Å². The lowest BCUT2D eigenvalue weighted by atomic mass is 10.2. The highest BCUT2D eigenvalue weighted by molar-refractivity contribution is 7.92. The standard InChI is InChI=1S/C9H19NO2S/c1-5-7-10(8-9(3)4)13(11,12)6-2/h6,9H,2,5,7-8H2,1,3-4H3. The van der Waals surface area contributed by atoms with Crippen LogP contribution in [0.25, 0.3) is 0 Å². The molecular formula is C9H19NO2S. The summed E-state index contributed by atoms with van der Waals surface area (Å²) in [6, 6.07) is 0. The van der Waals surface area contributed by atoms with Gasteiger partial charge >= 0.3 is 0 Å². The Hall–Kier alpha value is -0.350. The molecule has 0 amide bonds. The van der Waals surface area contributed by atoms with Crippen LogP contribution in [0.4, 0.5) is 0 Å². The summed E-state index contributed by atoms with van der Waals surface area (Å²) in [6.45, 7) is 10.4. The minimum Gasteiger partial charge on any atom is -0.208 e. The lowest BCUT2D eigenvalue weighted by Crippen LogP contribution is -2.33. The van der Waals surface area contributed by atoms with E-state index in [0.717, 1.165) is 11.8 Å². The lowest BCUT2D eigenvalue weighted by molar-refractivity contribution is 0.371. The van der Waals surface area contributed by atoms with Gasteiger partial charge in [-0.05, 0) is 12.3 Å². The van der Waals surface area contributed by atoms with Crippen LogP contribution < -0.4 is 0 Å². The highest BCUT2D eigenvalue weighted by Gasteiger charge is 2.17. The second-order valence-electron chi connectivity index (χ2n) is 3.46. The van der Waals surface area contributed by atoms with Crippen molar-refractivity contribution in [2.24, 2.45) is 5.92 Å². The van der Waals surface area contributed by atoms with Crippen LogP contribution in [0.3, 0.4) is 0 Å². The molecule has 0 saturated carbocycles. The lowest BCUT2D eigenvalue weighted by Gasteiger charge is -2.21. The summed E-state index contributed by atoms with van der Waals surface area (Å²) in [4.78, 5) is 0. The van der Waals surface area contributed by atoms with E-state index in [0.29, 0.717) is 19.0 Å². The average Bonchev–Trinajstić information content (AvgIpc) is 2.03. The molecule has 0 rings (SSSR count). The third kappa shape index (κ3) is 4.43. The maximum atomic E-state index is 11.4. The first-order valence-electron chi connectivity index (χ1n) is 4.56. The van der Waals surface area contributed by atoms with E-state index < -0.39 is 10.0 Å². The minimum absolute atomic E-state index is 0.348. The van der Waals surface area contributed by atoms with E-state index >= 15 is 0 Å². The quantitative estimate of drug-likeness (QED) is 0.663. The summed E-state index contributed by atoms with van der Waals surface area (Å²) < 4.78 is 24.3. The molecule has 0 aromatic carbocycles. The van der Waals surface area contributed by atoms with E-state index in [1.807, 2.05) is 20.8 Å². The summed E-state index contributed by atoms with van der Waals surface area (Å²) in [7, 11) is -3.22. The molecule has 13 heavy (non-hydrogen) atoms. The molecule has 0 aromatic heterocycles. The molecule has 0 unspecified atom stereocenters. The topological polar surface area (TPSA) is 37.4 Å². The van der Waals surface area contributed by atoms with Crippen LogP contribution >= 0.6 is 0 Å². The van der Waals surface area contributed by atoms with Crippen molar-refractivity contribution in [3.63, 3.8) is 0 Å². The van der Waals surface area contributed by atoms with Crippen molar-refractivity contribution >= 4 is 10.0 Å². The summed E-state index contributed by atoms with van der Waals surface area (Å²) in [5.74, 6) is 0.348. The van der Waals surface area contributed by atoms with Gasteiger partial charge in [0.15, 0.2) is 0 Å². The first-order chi connectivity index (χ1) is 5.94. The molecule has 0 aliphatic rings. The van der Waals surface area contributed by atoms with Gasteiger partial charge in [0.05, 0.1) is 0 Å². The molecular weight excluding hydrogens is 186 g/mol. The normalized spacial score (nSPS) is 12.4. The third-order valence-corrected chi connectivity index (χ3v) is 3.08. The Balaban J connectivity index is 4.51. The smallest absolute Gasteiger partial charge is 0.208 e. The number of hydrogen-bond donors (Lipinski definition) is 0. The number of sulfonamides is 1. The zero-order valence-electron chi connectivity index (χ0n) is 8.66. The molecule has 0 bridgehead atoms. The van der Waals surface area contributed by atoms with Gasteiger partial charge in [-0.1, -0.05) is 27.4 Å². The molecule has 0 fully saturated rings. The van der Waals surface area contributed by atoms with Crippen molar-refractivity contribution in [3.05, 3.63) is 12.0 Å². The molecule has 4 heteroatoms. The first-order valence-corrected chi connectivity index (χ1v) is 6.07. The predicted octanol–water partition coefficient (Wildman–Crippen LogP) is 1.83. The summed E-state index contributed by atoms with van der Waals surface area (Å²) in [5, 5.41) is 1.02. The predicted molar refractivity (Wildman–Crippen MR) is 55.8 cm³/mol. The highest BCUT2D eigenvalue weighted by Crippen LogP contribution is 2.07. The molecule has 0 N–H and O–H groups in total. The van der Waals surface area contributed by atoms with Gasteiger partial charge < -0.3 is 0 Å². The van der Waals surface area contributed by atoms with E-state index in [2.05, 4.69) is 6.58 Å². The van der Waals surface area contributed by atoms with Gasteiger partial charge in [-0.25, -0.2) is 8.42 Å². The Kier molecular flexibility index (Phi) is 5.25. The number of nitrogens with zero attached hydrogens (tertiary/aromatic N) is 1. The van der Waals surface area contributed by atoms with Gasteiger partial charge in [0.1, 0.15) is 0 Å². The van der Waals surface area contributed by atoms with Crippen molar-refractivity contribution in [2.45, 2.75) is 27.2 Å². The molecule has 78 valence electrons.